The molecule has 7 nitrogen and oxygen atoms in total. The van der Waals surface area contributed by atoms with Crippen LogP contribution >= 0.6 is 15.9 Å². The molecule has 3 aromatic carbocycles. The minimum absolute atomic E-state index is 0.111. The van der Waals surface area contributed by atoms with Gasteiger partial charge in [0.1, 0.15) is 18.1 Å². The van der Waals surface area contributed by atoms with Crippen LogP contribution < -0.4 is 4.74 Å². The van der Waals surface area contributed by atoms with Crippen LogP contribution in [0.2, 0.25) is 0 Å². The molecule has 0 aliphatic carbocycles. The average Bonchev–Trinajstić information content (AvgIpc) is 3.22. The lowest BCUT2D eigenvalue weighted by atomic mass is 9.94. The van der Waals surface area contributed by atoms with E-state index >= 15 is 0 Å². The third kappa shape index (κ3) is 6.30. The zero-order valence-electron chi connectivity index (χ0n) is 22.5. The van der Waals surface area contributed by atoms with Crippen LogP contribution in [-0.4, -0.2) is 66.0 Å². The molecule has 0 radical (unpaired) electrons. The molecule has 2 fully saturated rings. The van der Waals surface area contributed by atoms with E-state index in [-0.39, 0.29) is 11.3 Å². The van der Waals surface area contributed by atoms with Crippen LogP contribution in [0.25, 0.3) is 5.76 Å². The normalized spacial score (nSPS) is 19.2. The number of hydrogen-bond acceptors (Lipinski definition) is 6. The first-order valence-corrected chi connectivity index (χ1v) is 14.3. The number of aliphatic hydroxyl groups excluding tert-OH is 1. The Morgan fingerprint density at radius 2 is 1.73 bits per heavy atom. The summed E-state index contributed by atoms with van der Waals surface area (Å²) in [6.45, 7) is 6.63. The molecule has 208 valence electrons. The van der Waals surface area contributed by atoms with Crippen LogP contribution in [-0.2, 0) is 20.9 Å². The van der Waals surface area contributed by atoms with Gasteiger partial charge >= 0.3 is 0 Å². The van der Waals surface area contributed by atoms with Crippen LogP contribution in [0.15, 0.2) is 82.8 Å². The van der Waals surface area contributed by atoms with E-state index in [0.29, 0.717) is 44.1 Å². The minimum Gasteiger partial charge on any atom is -0.507 e. The predicted molar refractivity (Wildman–Crippen MR) is 157 cm³/mol. The summed E-state index contributed by atoms with van der Waals surface area (Å²) in [6.07, 6.45) is 0.715. The van der Waals surface area contributed by atoms with Gasteiger partial charge in [-0.1, -0.05) is 58.4 Å². The van der Waals surface area contributed by atoms with Crippen molar-refractivity contribution in [3.63, 3.8) is 0 Å². The maximum Gasteiger partial charge on any atom is 0.295 e. The number of morpholine rings is 1. The Kier molecular flexibility index (Phi) is 8.99. The second-order valence-corrected chi connectivity index (χ2v) is 11.0. The largest absolute Gasteiger partial charge is 0.507 e. The number of aliphatic hydroxyl groups is 1. The molecular formula is C32H33BrN2O5. The van der Waals surface area contributed by atoms with E-state index in [0.717, 1.165) is 40.8 Å². The SMILES string of the molecule is Cc1cc(OCc2ccccc2)ccc1/C(O)=C1\C(=O)C(=O)N(CCCN2CCOCC2)[C@H]1c1ccc(Br)cc1. The lowest BCUT2D eigenvalue weighted by molar-refractivity contribution is -0.140. The number of benzene rings is 3. The number of halogens is 1. The molecule has 8 heteroatoms. The monoisotopic (exact) mass is 604 g/mol. The van der Waals surface area contributed by atoms with Crippen LogP contribution in [0, 0.1) is 6.92 Å². The third-order valence-corrected chi connectivity index (χ3v) is 7.93. The fraction of sp³-hybridized carbons (Fsp3) is 0.312. The van der Waals surface area contributed by atoms with Crippen molar-refractivity contribution < 1.29 is 24.2 Å². The van der Waals surface area contributed by atoms with Gasteiger partial charge in [-0.2, -0.15) is 0 Å². The van der Waals surface area contributed by atoms with Crippen molar-refractivity contribution in [2.75, 3.05) is 39.4 Å². The number of hydrogen-bond donors (Lipinski definition) is 1. The van der Waals surface area contributed by atoms with Crippen molar-refractivity contribution in [3.8, 4) is 5.75 Å². The molecule has 1 N–H and O–H groups in total. The fourth-order valence-electron chi connectivity index (χ4n) is 5.27. The first-order chi connectivity index (χ1) is 19.4. The smallest absolute Gasteiger partial charge is 0.295 e. The molecular weight excluding hydrogens is 572 g/mol. The Bertz CT molecular complexity index is 1380. The van der Waals surface area contributed by atoms with E-state index in [9.17, 15) is 14.7 Å². The highest BCUT2D eigenvalue weighted by Gasteiger charge is 2.46. The van der Waals surface area contributed by atoms with Gasteiger partial charge in [0.2, 0.25) is 0 Å². The molecule has 2 aliphatic heterocycles. The highest BCUT2D eigenvalue weighted by molar-refractivity contribution is 9.10. The van der Waals surface area contributed by atoms with Gasteiger partial charge in [-0.25, -0.2) is 0 Å². The van der Waals surface area contributed by atoms with E-state index in [4.69, 9.17) is 9.47 Å². The van der Waals surface area contributed by atoms with Gasteiger partial charge in [-0.15, -0.1) is 0 Å². The maximum absolute atomic E-state index is 13.4. The summed E-state index contributed by atoms with van der Waals surface area (Å²) in [7, 11) is 0. The van der Waals surface area contributed by atoms with Gasteiger partial charge in [0, 0.05) is 36.2 Å². The van der Waals surface area contributed by atoms with Crippen molar-refractivity contribution in [3.05, 3.63) is 105 Å². The summed E-state index contributed by atoms with van der Waals surface area (Å²) in [4.78, 5) is 30.6. The molecule has 1 atom stereocenters. The summed E-state index contributed by atoms with van der Waals surface area (Å²) in [5, 5.41) is 11.5. The van der Waals surface area contributed by atoms with Crippen molar-refractivity contribution in [1.29, 1.82) is 0 Å². The number of nitrogens with zero attached hydrogens (tertiary/aromatic N) is 2. The molecule has 1 amide bonds. The van der Waals surface area contributed by atoms with E-state index in [2.05, 4.69) is 20.8 Å². The Morgan fingerprint density at radius 3 is 2.42 bits per heavy atom. The second kappa shape index (κ2) is 12.8. The van der Waals surface area contributed by atoms with Crippen molar-refractivity contribution >= 4 is 33.4 Å². The Labute approximate surface area is 243 Å². The number of ether oxygens (including phenoxy) is 2. The molecule has 0 spiro atoms. The highest BCUT2D eigenvalue weighted by atomic mass is 79.9. The number of carbonyl (C=O) groups excluding carboxylic acids is 2. The fourth-order valence-corrected chi connectivity index (χ4v) is 5.53. The molecule has 2 heterocycles. The zero-order valence-corrected chi connectivity index (χ0v) is 24.1. The van der Waals surface area contributed by atoms with Crippen molar-refractivity contribution in [1.82, 2.24) is 9.80 Å². The number of carbonyl (C=O) groups is 2. The Balaban J connectivity index is 1.42. The predicted octanol–water partition coefficient (Wildman–Crippen LogP) is 5.48. The van der Waals surface area contributed by atoms with Gasteiger partial charge in [-0.3, -0.25) is 14.5 Å². The van der Waals surface area contributed by atoms with Gasteiger partial charge in [-0.05, 0) is 60.4 Å². The first-order valence-electron chi connectivity index (χ1n) is 13.5. The van der Waals surface area contributed by atoms with E-state index in [1.54, 1.807) is 17.0 Å². The minimum atomic E-state index is -0.675. The molecule has 0 saturated carbocycles. The molecule has 0 bridgehead atoms. The Hall–Kier alpha value is -3.46. The molecule has 3 aromatic rings. The third-order valence-electron chi connectivity index (χ3n) is 7.40. The standard InChI is InChI=1S/C32H33BrN2O5/c1-22-20-26(40-21-23-6-3-2-4-7-23)12-13-27(22)30(36)28-29(24-8-10-25(33)11-9-24)35(32(38)31(28)37)15-5-14-34-16-18-39-19-17-34/h2-4,6-13,20,29,36H,5,14-19,21H2,1H3/b30-28+/t29-/m0/s1. The highest BCUT2D eigenvalue weighted by Crippen LogP contribution is 2.40. The van der Waals surface area contributed by atoms with E-state index in [1.165, 1.54) is 0 Å². The topological polar surface area (TPSA) is 79.3 Å². The van der Waals surface area contributed by atoms with Crippen molar-refractivity contribution in [2.24, 2.45) is 0 Å². The summed E-state index contributed by atoms with van der Waals surface area (Å²) in [6, 6.07) is 22.1. The molecule has 40 heavy (non-hydrogen) atoms. The number of amides is 1. The zero-order chi connectivity index (χ0) is 28.1. The summed E-state index contributed by atoms with van der Waals surface area (Å²) >= 11 is 3.47. The van der Waals surface area contributed by atoms with Crippen LogP contribution in [0.4, 0.5) is 0 Å². The van der Waals surface area contributed by atoms with Crippen LogP contribution in [0.3, 0.4) is 0 Å². The number of aryl methyl sites for hydroxylation is 1. The number of rotatable bonds is 9. The molecule has 5 rings (SSSR count). The summed E-state index contributed by atoms with van der Waals surface area (Å²) in [5.74, 6) is -0.766. The van der Waals surface area contributed by atoms with Gasteiger partial charge in [0.05, 0.1) is 24.8 Å². The lowest BCUT2D eigenvalue weighted by Gasteiger charge is -2.29. The van der Waals surface area contributed by atoms with E-state index in [1.807, 2.05) is 67.6 Å². The number of Topliss-reactive ketones (excluding diaryl/α,β-unsaturated/α-hetero) is 1. The quantitative estimate of drug-likeness (QED) is 0.198. The average molecular weight is 606 g/mol. The molecule has 2 saturated heterocycles. The number of ketones is 1. The van der Waals surface area contributed by atoms with Crippen LogP contribution in [0.5, 0.6) is 5.75 Å². The van der Waals surface area contributed by atoms with Gasteiger partial charge in [0.15, 0.2) is 0 Å². The lowest BCUT2D eigenvalue weighted by Crippen LogP contribution is -2.38. The first kappa shape index (κ1) is 28.1. The van der Waals surface area contributed by atoms with Crippen molar-refractivity contribution in [2.45, 2.75) is 26.0 Å². The summed E-state index contributed by atoms with van der Waals surface area (Å²) < 4.78 is 12.3. The second-order valence-electron chi connectivity index (χ2n) is 10.1. The number of likely N-dealkylation sites (tertiary alicyclic amines) is 1. The van der Waals surface area contributed by atoms with E-state index < -0.39 is 17.7 Å². The Morgan fingerprint density at radius 1 is 1.00 bits per heavy atom. The van der Waals surface area contributed by atoms with Crippen LogP contribution in [0.1, 0.15) is 34.7 Å². The molecule has 0 unspecified atom stereocenters. The molecule has 0 aromatic heterocycles. The molecule has 2 aliphatic rings. The van der Waals surface area contributed by atoms with Gasteiger partial charge in [0.25, 0.3) is 11.7 Å². The summed E-state index contributed by atoms with van der Waals surface area (Å²) in [5.41, 5.74) is 3.18. The maximum atomic E-state index is 13.4. The van der Waals surface area contributed by atoms with Gasteiger partial charge < -0.3 is 19.5 Å².